The number of hydrogen-bond acceptors (Lipinski definition) is 3. The van der Waals surface area contributed by atoms with E-state index in [1.54, 1.807) is 0 Å². The number of fused-ring (bicyclic) bond motifs is 1. The minimum atomic E-state index is -0.934. The Morgan fingerprint density at radius 3 is 2.65 bits per heavy atom. The molecule has 1 aliphatic heterocycles. The van der Waals surface area contributed by atoms with Crippen LogP contribution in [0.2, 0.25) is 0 Å². The third-order valence-corrected chi connectivity index (χ3v) is 7.89. The largest absolute Gasteiger partial charge is 0.348 e. The van der Waals surface area contributed by atoms with Crippen molar-refractivity contribution in [3.05, 3.63) is 70.1 Å². The molecule has 0 radical (unpaired) electrons. The third-order valence-electron chi connectivity index (χ3n) is 7.89. The van der Waals surface area contributed by atoms with Gasteiger partial charge in [0, 0.05) is 29.9 Å². The predicted octanol–water partition coefficient (Wildman–Crippen LogP) is 4.66. The van der Waals surface area contributed by atoms with E-state index in [2.05, 4.69) is 22.0 Å². The van der Waals surface area contributed by atoms with E-state index in [1.807, 2.05) is 38.1 Å². The summed E-state index contributed by atoms with van der Waals surface area (Å²) in [6.07, 6.45) is 10.0. The molecule has 34 heavy (non-hydrogen) atoms. The number of aromatic nitrogens is 1. The average molecular weight is 460 g/mol. The number of ketones is 1. The molecule has 6 nitrogen and oxygen atoms in total. The summed E-state index contributed by atoms with van der Waals surface area (Å²) in [7, 11) is 0. The molecule has 6 heteroatoms. The van der Waals surface area contributed by atoms with Crippen molar-refractivity contribution in [1.82, 2.24) is 14.8 Å². The summed E-state index contributed by atoms with van der Waals surface area (Å²) in [5.41, 5.74) is 5.43. The number of hydrogen-bond donors (Lipinski definition) is 1. The van der Waals surface area contributed by atoms with Crippen molar-refractivity contribution in [1.29, 1.82) is 0 Å². The number of imide groups is 1. The molecule has 178 valence electrons. The molecule has 0 saturated carbocycles. The summed E-state index contributed by atoms with van der Waals surface area (Å²) in [5, 5.41) is 2.93. The van der Waals surface area contributed by atoms with Crippen LogP contribution < -0.4 is 5.32 Å². The van der Waals surface area contributed by atoms with Gasteiger partial charge in [-0.3, -0.25) is 14.5 Å². The maximum Gasteiger partial charge on any atom is 0.325 e. The molecule has 3 aliphatic rings. The highest BCUT2D eigenvalue weighted by Gasteiger charge is 2.52. The Balaban J connectivity index is 1.29. The lowest BCUT2D eigenvalue weighted by molar-refractivity contribution is -0.131. The molecular weight excluding hydrogens is 426 g/mol. The number of amides is 3. The average Bonchev–Trinajstić information content (AvgIpc) is 3.25. The standard InChI is InChI=1S/C28H33N3O3/c1-19-16-24(20(2)30(19)15-13-21-8-4-3-5-9-21)25(32)18-31-26(33)28(29-27(31)34)14-12-22-10-6-7-11-23(22)17-28/h6-8,10-11,16H,3-5,9,12-15,17-18H2,1-2H3,(H,29,34). The van der Waals surface area contributed by atoms with Crippen molar-refractivity contribution in [2.24, 2.45) is 0 Å². The monoisotopic (exact) mass is 459 g/mol. The zero-order chi connectivity index (χ0) is 23.9. The Morgan fingerprint density at radius 2 is 1.88 bits per heavy atom. The predicted molar refractivity (Wildman–Crippen MR) is 131 cm³/mol. The number of allylic oxidation sites excluding steroid dienone is 2. The van der Waals surface area contributed by atoms with Gasteiger partial charge < -0.3 is 9.88 Å². The smallest absolute Gasteiger partial charge is 0.325 e. The van der Waals surface area contributed by atoms with E-state index >= 15 is 0 Å². The highest BCUT2D eigenvalue weighted by molar-refractivity contribution is 6.11. The normalized spacial score (nSPS) is 22.1. The molecule has 1 fully saturated rings. The van der Waals surface area contributed by atoms with E-state index in [1.165, 1.54) is 36.8 Å². The van der Waals surface area contributed by atoms with Gasteiger partial charge in [0.25, 0.3) is 5.91 Å². The molecule has 1 spiro atoms. The molecule has 1 aromatic heterocycles. The minimum Gasteiger partial charge on any atom is -0.348 e. The first-order chi connectivity index (χ1) is 16.4. The maximum absolute atomic E-state index is 13.4. The second-order valence-corrected chi connectivity index (χ2v) is 10.1. The number of rotatable bonds is 6. The van der Waals surface area contributed by atoms with Crippen molar-refractivity contribution in [3.63, 3.8) is 0 Å². The van der Waals surface area contributed by atoms with E-state index in [4.69, 9.17) is 0 Å². The fourth-order valence-corrected chi connectivity index (χ4v) is 5.89. The Bertz CT molecular complexity index is 1190. The molecule has 2 aliphatic carbocycles. The second kappa shape index (κ2) is 8.90. The molecule has 1 aromatic carbocycles. The summed E-state index contributed by atoms with van der Waals surface area (Å²) in [6, 6.07) is 9.49. The highest BCUT2D eigenvalue weighted by atomic mass is 16.2. The van der Waals surface area contributed by atoms with E-state index in [0.29, 0.717) is 18.4 Å². The molecule has 0 bridgehead atoms. The number of carbonyl (C=O) groups excluding carboxylic acids is 3. The van der Waals surface area contributed by atoms with Crippen LogP contribution in [0.25, 0.3) is 0 Å². The number of aryl methyl sites for hydroxylation is 2. The highest BCUT2D eigenvalue weighted by Crippen LogP contribution is 2.34. The summed E-state index contributed by atoms with van der Waals surface area (Å²) >= 11 is 0. The lowest BCUT2D eigenvalue weighted by atomic mass is 9.78. The van der Waals surface area contributed by atoms with Crippen LogP contribution in [0.15, 0.2) is 42.0 Å². The van der Waals surface area contributed by atoms with Crippen LogP contribution in [0.4, 0.5) is 4.79 Å². The Kier molecular flexibility index (Phi) is 5.92. The van der Waals surface area contributed by atoms with Gasteiger partial charge in [-0.2, -0.15) is 0 Å². The van der Waals surface area contributed by atoms with E-state index in [9.17, 15) is 14.4 Å². The van der Waals surface area contributed by atoms with Gasteiger partial charge >= 0.3 is 6.03 Å². The van der Waals surface area contributed by atoms with Gasteiger partial charge in [0.2, 0.25) is 0 Å². The van der Waals surface area contributed by atoms with Crippen molar-refractivity contribution < 1.29 is 14.4 Å². The van der Waals surface area contributed by atoms with Crippen LogP contribution in [0.3, 0.4) is 0 Å². The van der Waals surface area contributed by atoms with Gasteiger partial charge in [-0.1, -0.05) is 35.9 Å². The van der Waals surface area contributed by atoms with Crippen molar-refractivity contribution in [2.75, 3.05) is 6.54 Å². The maximum atomic E-state index is 13.4. The van der Waals surface area contributed by atoms with Crippen LogP contribution in [-0.4, -0.2) is 39.3 Å². The van der Waals surface area contributed by atoms with Crippen LogP contribution in [0.5, 0.6) is 0 Å². The molecular formula is C28H33N3O3. The molecule has 2 aromatic rings. The first-order valence-electron chi connectivity index (χ1n) is 12.5. The SMILES string of the molecule is Cc1cc(C(=O)CN2C(=O)NC3(CCc4ccccc4C3)C2=O)c(C)n1CCC1=CCCCC1. The lowest BCUT2D eigenvalue weighted by Gasteiger charge is -2.32. The van der Waals surface area contributed by atoms with Crippen LogP contribution in [-0.2, 0) is 24.2 Å². The molecule has 1 saturated heterocycles. The summed E-state index contributed by atoms with van der Waals surface area (Å²) in [5.74, 6) is -0.466. The van der Waals surface area contributed by atoms with Crippen molar-refractivity contribution in [2.45, 2.75) is 77.3 Å². The Morgan fingerprint density at radius 1 is 1.09 bits per heavy atom. The van der Waals surface area contributed by atoms with Crippen LogP contribution in [0, 0.1) is 13.8 Å². The van der Waals surface area contributed by atoms with Crippen LogP contribution in [0.1, 0.15) is 71.4 Å². The quantitative estimate of drug-likeness (QED) is 0.388. The zero-order valence-electron chi connectivity index (χ0n) is 20.2. The van der Waals surface area contributed by atoms with Gasteiger partial charge in [-0.15, -0.1) is 0 Å². The van der Waals surface area contributed by atoms with Crippen molar-refractivity contribution in [3.8, 4) is 0 Å². The minimum absolute atomic E-state index is 0.187. The zero-order valence-corrected chi connectivity index (χ0v) is 20.2. The van der Waals surface area contributed by atoms with Crippen molar-refractivity contribution >= 4 is 17.7 Å². The number of Topliss-reactive ketones (excluding diaryl/α,β-unsaturated/α-hetero) is 1. The molecule has 3 amide bonds. The van der Waals surface area contributed by atoms with E-state index in [-0.39, 0.29) is 18.2 Å². The summed E-state index contributed by atoms with van der Waals surface area (Å²) < 4.78 is 2.19. The number of carbonyl (C=O) groups is 3. The lowest BCUT2D eigenvalue weighted by Crippen LogP contribution is -2.51. The molecule has 1 atom stereocenters. The topological polar surface area (TPSA) is 71.4 Å². The van der Waals surface area contributed by atoms with Gasteiger partial charge in [-0.25, -0.2) is 4.79 Å². The Labute approximate surface area is 201 Å². The number of benzene rings is 1. The fourth-order valence-electron chi connectivity index (χ4n) is 5.89. The van der Waals surface area contributed by atoms with Gasteiger partial charge in [0.05, 0.1) is 6.54 Å². The number of nitrogens with zero attached hydrogens (tertiary/aromatic N) is 2. The molecule has 1 N–H and O–H groups in total. The fraction of sp³-hybridized carbons (Fsp3) is 0.464. The second-order valence-electron chi connectivity index (χ2n) is 10.1. The number of nitrogens with one attached hydrogen (secondary N) is 1. The number of urea groups is 1. The van der Waals surface area contributed by atoms with Gasteiger partial charge in [0.1, 0.15) is 5.54 Å². The van der Waals surface area contributed by atoms with Gasteiger partial charge in [-0.05, 0) is 76.0 Å². The van der Waals surface area contributed by atoms with Crippen LogP contribution >= 0.6 is 0 Å². The first kappa shape index (κ1) is 22.6. The first-order valence-corrected chi connectivity index (χ1v) is 12.5. The Hall–Kier alpha value is -3.15. The molecule has 1 unspecified atom stereocenters. The van der Waals surface area contributed by atoms with Gasteiger partial charge in [0.15, 0.2) is 5.78 Å². The summed E-state index contributed by atoms with van der Waals surface area (Å²) in [4.78, 5) is 40.6. The molecule has 5 rings (SSSR count). The summed E-state index contributed by atoms with van der Waals surface area (Å²) in [6.45, 7) is 4.61. The van der Waals surface area contributed by atoms with E-state index < -0.39 is 11.6 Å². The van der Waals surface area contributed by atoms with E-state index in [0.717, 1.165) is 41.2 Å². The third kappa shape index (κ3) is 3.99. The molecule has 2 heterocycles.